The molecule has 1 aromatic heterocycles. The molecule has 0 saturated heterocycles. The predicted octanol–water partition coefficient (Wildman–Crippen LogP) is 3.46. The molecule has 0 amide bonds. The van der Waals surface area contributed by atoms with Gasteiger partial charge in [-0.1, -0.05) is 37.0 Å². The Balaban J connectivity index is 2.71. The van der Waals surface area contributed by atoms with Gasteiger partial charge in [-0.05, 0) is 12.1 Å². The third-order valence-electron chi connectivity index (χ3n) is 2.66. The van der Waals surface area contributed by atoms with Gasteiger partial charge in [-0.15, -0.1) is 0 Å². The Hall–Kier alpha value is -0.770. The molecule has 5 heteroatoms. The van der Waals surface area contributed by atoms with E-state index >= 15 is 0 Å². The number of hydrogen-bond acceptors (Lipinski definition) is 2. The number of benzene rings is 1. The van der Waals surface area contributed by atoms with Gasteiger partial charge in [0.15, 0.2) is 0 Å². The van der Waals surface area contributed by atoms with Crippen LogP contribution in [0.4, 0.5) is 0 Å². The van der Waals surface area contributed by atoms with E-state index in [1.54, 1.807) is 12.1 Å². The highest BCUT2D eigenvalue weighted by Crippen LogP contribution is 2.29. The van der Waals surface area contributed by atoms with E-state index in [4.69, 9.17) is 28.3 Å². The summed E-state index contributed by atoms with van der Waals surface area (Å²) in [5.74, 6) is 1.22. The molecule has 1 aromatic carbocycles. The second-order valence-electron chi connectivity index (χ2n) is 4.25. The summed E-state index contributed by atoms with van der Waals surface area (Å²) in [5, 5.41) is 10.1. The van der Waals surface area contributed by atoms with Crippen molar-refractivity contribution in [2.24, 2.45) is 0 Å². The van der Waals surface area contributed by atoms with Gasteiger partial charge in [-0.2, -0.15) is 0 Å². The molecule has 0 spiro atoms. The molecule has 3 nitrogen and oxygen atoms in total. The number of fused-ring (bicyclic) bond motifs is 1. The van der Waals surface area contributed by atoms with E-state index in [0.29, 0.717) is 16.6 Å². The Morgan fingerprint density at radius 3 is 2.53 bits per heavy atom. The van der Waals surface area contributed by atoms with E-state index in [0.717, 1.165) is 16.9 Å². The first-order chi connectivity index (χ1) is 8.04. The summed E-state index contributed by atoms with van der Waals surface area (Å²) in [7, 11) is 0. The number of halogens is 2. The number of aliphatic hydroxyl groups excluding tert-OH is 1. The van der Waals surface area contributed by atoms with E-state index in [2.05, 4.69) is 18.8 Å². The fourth-order valence-electron chi connectivity index (χ4n) is 1.91. The van der Waals surface area contributed by atoms with Gasteiger partial charge in [-0.25, -0.2) is 4.98 Å². The summed E-state index contributed by atoms with van der Waals surface area (Å²) in [6.07, 6.45) is 0. The zero-order chi connectivity index (χ0) is 12.6. The summed E-state index contributed by atoms with van der Waals surface area (Å²) in [6.45, 7) is 4.73. The van der Waals surface area contributed by atoms with Crippen LogP contribution in [0.25, 0.3) is 11.0 Å². The smallest absolute Gasteiger partial charge is 0.112 e. The van der Waals surface area contributed by atoms with Crippen LogP contribution in [-0.2, 0) is 6.54 Å². The Labute approximate surface area is 110 Å². The average molecular weight is 273 g/mol. The van der Waals surface area contributed by atoms with Crippen LogP contribution >= 0.6 is 23.2 Å². The van der Waals surface area contributed by atoms with Crippen LogP contribution in [-0.4, -0.2) is 21.3 Å². The lowest BCUT2D eigenvalue weighted by atomic mass is 10.2. The van der Waals surface area contributed by atoms with Crippen LogP contribution < -0.4 is 0 Å². The number of rotatable bonds is 3. The maximum absolute atomic E-state index is 9.12. The van der Waals surface area contributed by atoms with Crippen molar-refractivity contribution < 1.29 is 5.11 Å². The van der Waals surface area contributed by atoms with Gasteiger partial charge in [0, 0.05) is 12.5 Å². The van der Waals surface area contributed by atoms with Crippen molar-refractivity contribution in [2.75, 3.05) is 6.61 Å². The van der Waals surface area contributed by atoms with Gasteiger partial charge in [0.05, 0.1) is 27.7 Å². The summed E-state index contributed by atoms with van der Waals surface area (Å²) in [6, 6.07) is 3.56. The van der Waals surface area contributed by atoms with Crippen molar-refractivity contribution in [1.82, 2.24) is 9.55 Å². The largest absolute Gasteiger partial charge is 0.395 e. The number of aliphatic hydroxyl groups is 1. The number of imidazole rings is 1. The minimum Gasteiger partial charge on any atom is -0.395 e. The molecule has 0 saturated carbocycles. The van der Waals surface area contributed by atoms with Crippen molar-refractivity contribution in [1.29, 1.82) is 0 Å². The molecule has 92 valence electrons. The topological polar surface area (TPSA) is 38.0 Å². The van der Waals surface area contributed by atoms with Crippen LogP contribution in [0.1, 0.15) is 25.6 Å². The summed E-state index contributed by atoms with van der Waals surface area (Å²) < 4.78 is 1.99. The van der Waals surface area contributed by atoms with Gasteiger partial charge in [0.1, 0.15) is 5.82 Å². The lowest BCUT2D eigenvalue weighted by Crippen LogP contribution is -2.08. The van der Waals surface area contributed by atoms with Crippen molar-refractivity contribution in [3.05, 3.63) is 28.0 Å². The Bertz CT molecular complexity index is 549. The first-order valence-corrected chi connectivity index (χ1v) is 6.26. The first-order valence-electron chi connectivity index (χ1n) is 5.50. The second-order valence-corrected chi connectivity index (χ2v) is 5.07. The molecule has 0 aliphatic carbocycles. The molecule has 0 radical (unpaired) electrons. The van der Waals surface area contributed by atoms with Crippen molar-refractivity contribution in [3.8, 4) is 0 Å². The lowest BCUT2D eigenvalue weighted by Gasteiger charge is -2.09. The Morgan fingerprint density at radius 1 is 1.29 bits per heavy atom. The minimum atomic E-state index is 0.0748. The molecule has 0 bridgehead atoms. The molecular formula is C12H14Cl2N2O. The molecule has 2 aromatic rings. The molecule has 1 heterocycles. The maximum atomic E-state index is 9.12. The highest BCUT2D eigenvalue weighted by Gasteiger charge is 2.14. The van der Waals surface area contributed by atoms with Crippen LogP contribution in [0.5, 0.6) is 0 Å². The normalized spacial score (nSPS) is 11.6. The van der Waals surface area contributed by atoms with Crippen LogP contribution in [0, 0.1) is 0 Å². The molecule has 0 aliphatic heterocycles. The molecule has 0 aliphatic rings. The van der Waals surface area contributed by atoms with Gasteiger partial charge < -0.3 is 9.67 Å². The standard InChI is InChI=1S/C12H14Cl2N2O/c1-7(2)12-15-10-5-8(13)9(14)6-11(10)16(12)3-4-17/h5-7,17H,3-4H2,1-2H3. The summed E-state index contributed by atoms with van der Waals surface area (Å²) in [5.41, 5.74) is 1.73. The highest BCUT2D eigenvalue weighted by molar-refractivity contribution is 6.42. The fraction of sp³-hybridized carbons (Fsp3) is 0.417. The zero-order valence-electron chi connectivity index (χ0n) is 9.74. The summed E-state index contributed by atoms with van der Waals surface area (Å²) >= 11 is 12.0. The SMILES string of the molecule is CC(C)c1nc2cc(Cl)c(Cl)cc2n1CCO. The Morgan fingerprint density at radius 2 is 1.94 bits per heavy atom. The molecule has 0 atom stereocenters. The van der Waals surface area contributed by atoms with Gasteiger partial charge >= 0.3 is 0 Å². The number of hydrogen-bond donors (Lipinski definition) is 1. The first kappa shape index (κ1) is 12.7. The molecule has 1 N–H and O–H groups in total. The number of nitrogens with zero attached hydrogens (tertiary/aromatic N) is 2. The molecule has 2 rings (SSSR count). The summed E-state index contributed by atoms with van der Waals surface area (Å²) in [4.78, 5) is 4.54. The predicted molar refractivity (Wildman–Crippen MR) is 70.9 cm³/mol. The lowest BCUT2D eigenvalue weighted by molar-refractivity contribution is 0.275. The highest BCUT2D eigenvalue weighted by atomic mass is 35.5. The molecule has 0 unspecified atom stereocenters. The second kappa shape index (κ2) is 4.84. The van der Waals surface area contributed by atoms with Crippen molar-refractivity contribution >= 4 is 34.2 Å². The van der Waals surface area contributed by atoms with E-state index in [-0.39, 0.29) is 12.5 Å². The van der Waals surface area contributed by atoms with E-state index in [1.807, 2.05) is 4.57 Å². The van der Waals surface area contributed by atoms with Gasteiger partial charge in [0.25, 0.3) is 0 Å². The third kappa shape index (κ3) is 2.28. The maximum Gasteiger partial charge on any atom is 0.112 e. The average Bonchev–Trinajstić information content (AvgIpc) is 2.59. The van der Waals surface area contributed by atoms with Crippen molar-refractivity contribution in [3.63, 3.8) is 0 Å². The molecule has 0 fully saturated rings. The van der Waals surface area contributed by atoms with E-state index < -0.39 is 0 Å². The zero-order valence-corrected chi connectivity index (χ0v) is 11.3. The quantitative estimate of drug-likeness (QED) is 0.930. The van der Waals surface area contributed by atoms with E-state index in [1.165, 1.54) is 0 Å². The van der Waals surface area contributed by atoms with Crippen LogP contribution in [0.3, 0.4) is 0 Å². The van der Waals surface area contributed by atoms with Crippen LogP contribution in [0.2, 0.25) is 10.0 Å². The fourth-order valence-corrected chi connectivity index (χ4v) is 2.23. The minimum absolute atomic E-state index is 0.0748. The molecular weight excluding hydrogens is 259 g/mol. The van der Waals surface area contributed by atoms with Gasteiger partial charge in [-0.3, -0.25) is 0 Å². The monoisotopic (exact) mass is 272 g/mol. The third-order valence-corrected chi connectivity index (χ3v) is 3.38. The van der Waals surface area contributed by atoms with Crippen LogP contribution in [0.15, 0.2) is 12.1 Å². The Kier molecular flexibility index (Phi) is 3.61. The van der Waals surface area contributed by atoms with Crippen molar-refractivity contribution in [2.45, 2.75) is 26.3 Å². The number of aromatic nitrogens is 2. The van der Waals surface area contributed by atoms with Gasteiger partial charge in [0.2, 0.25) is 0 Å². The molecule has 17 heavy (non-hydrogen) atoms. The van der Waals surface area contributed by atoms with E-state index in [9.17, 15) is 0 Å².